The Morgan fingerprint density at radius 1 is 0.800 bits per heavy atom. The van der Waals surface area contributed by atoms with E-state index in [2.05, 4.69) is 32.1 Å². The van der Waals surface area contributed by atoms with Crippen LogP contribution in [0.5, 0.6) is 0 Å². The number of esters is 4. The van der Waals surface area contributed by atoms with Crippen molar-refractivity contribution >= 4 is 23.9 Å². The molecule has 0 aromatic rings. The van der Waals surface area contributed by atoms with Crippen LogP contribution in [0.15, 0.2) is 34.4 Å². The number of carbonyl (C=O) groups is 4. The first-order chi connectivity index (χ1) is 21.2. The van der Waals surface area contributed by atoms with Crippen molar-refractivity contribution in [1.82, 2.24) is 0 Å². The number of hydrogen-bond acceptors (Lipinski definition) is 10. The SMILES string of the molecule is CCOC(=O)C(C(=O)OCC)=C1C[C@H]2CC(CC)=C[C@@H]12.CCOC(=O)C(C(=O)OCC)[C@@]1(C#N)C[C@H]2CC(CC)=C[C@H]21.[C-]#N.[Na+]. The van der Waals surface area contributed by atoms with Gasteiger partial charge in [0.25, 0.3) is 0 Å². The average Bonchev–Trinajstić information content (AvgIpc) is 3.52. The van der Waals surface area contributed by atoms with Gasteiger partial charge in [0.05, 0.1) is 37.9 Å². The second-order valence-electron chi connectivity index (χ2n) is 11.2. The molecule has 0 aromatic carbocycles. The molecule has 240 valence electrons. The minimum atomic E-state index is -1.15. The van der Waals surface area contributed by atoms with E-state index in [1.807, 2.05) is 0 Å². The van der Waals surface area contributed by atoms with Crippen molar-refractivity contribution in [2.24, 2.45) is 35.0 Å². The first-order valence-electron chi connectivity index (χ1n) is 15.6. The van der Waals surface area contributed by atoms with Crippen molar-refractivity contribution in [1.29, 1.82) is 10.5 Å². The van der Waals surface area contributed by atoms with Crippen LogP contribution in [0, 0.1) is 58.2 Å². The number of ether oxygens (including phenoxy) is 4. The fourth-order valence-corrected chi connectivity index (χ4v) is 6.87. The van der Waals surface area contributed by atoms with Gasteiger partial charge in [0.15, 0.2) is 5.92 Å². The molecule has 2 fully saturated rings. The van der Waals surface area contributed by atoms with Crippen LogP contribution in [-0.4, -0.2) is 50.3 Å². The van der Waals surface area contributed by atoms with Crippen molar-refractivity contribution in [2.45, 2.75) is 80.1 Å². The van der Waals surface area contributed by atoms with Crippen molar-refractivity contribution < 1.29 is 67.7 Å². The van der Waals surface area contributed by atoms with Crippen molar-refractivity contribution in [2.75, 3.05) is 26.4 Å². The third-order valence-electron chi connectivity index (χ3n) is 8.93. The average molecular weight is 633 g/mol. The van der Waals surface area contributed by atoms with E-state index < -0.39 is 35.2 Å². The topological polar surface area (TPSA) is 153 Å². The number of nitrogens with zero attached hydrogens (tertiary/aromatic N) is 2. The maximum atomic E-state index is 12.3. The molecule has 4 aliphatic carbocycles. The number of hydrogen-bond donors (Lipinski definition) is 0. The van der Waals surface area contributed by atoms with Gasteiger partial charge in [0, 0.05) is 11.8 Å². The Balaban J connectivity index is 0.000000419. The second-order valence-corrected chi connectivity index (χ2v) is 11.2. The Hall–Kier alpha value is -2.92. The van der Waals surface area contributed by atoms with E-state index >= 15 is 0 Å². The molecular weight excluding hydrogens is 587 g/mol. The van der Waals surface area contributed by atoms with Crippen LogP contribution < -0.4 is 29.6 Å². The molecule has 0 saturated heterocycles. The van der Waals surface area contributed by atoms with E-state index in [4.69, 9.17) is 30.8 Å². The van der Waals surface area contributed by atoms with E-state index in [0.29, 0.717) is 18.3 Å². The van der Waals surface area contributed by atoms with Gasteiger partial charge in [-0.3, -0.25) is 9.59 Å². The van der Waals surface area contributed by atoms with Crippen LogP contribution in [-0.2, 0) is 38.1 Å². The third kappa shape index (κ3) is 8.67. The molecule has 10 nitrogen and oxygen atoms in total. The van der Waals surface area contributed by atoms with Crippen LogP contribution in [0.4, 0.5) is 0 Å². The smallest absolute Gasteiger partial charge is 0.512 e. The fourth-order valence-electron chi connectivity index (χ4n) is 6.87. The molecule has 4 aliphatic rings. The van der Waals surface area contributed by atoms with Crippen LogP contribution >= 0.6 is 0 Å². The van der Waals surface area contributed by atoms with E-state index in [0.717, 1.165) is 37.7 Å². The fraction of sp³-hybridized carbons (Fsp3) is 0.647. The Bertz CT molecular complexity index is 1210. The van der Waals surface area contributed by atoms with Gasteiger partial charge < -0.3 is 30.8 Å². The zero-order chi connectivity index (χ0) is 33.0. The molecule has 0 N–H and O–H groups in total. The maximum absolute atomic E-state index is 12.3. The number of rotatable bonds is 11. The molecule has 0 aromatic heterocycles. The van der Waals surface area contributed by atoms with Gasteiger partial charge >= 0.3 is 53.4 Å². The summed E-state index contributed by atoms with van der Waals surface area (Å²) < 4.78 is 20.1. The molecule has 0 heterocycles. The minimum absolute atomic E-state index is 0. The Kier molecular flexibility index (Phi) is 16.8. The first-order valence-corrected chi connectivity index (χ1v) is 15.6. The summed E-state index contributed by atoms with van der Waals surface area (Å²) in [6, 6.07) is 2.26. The van der Waals surface area contributed by atoms with Crippen molar-refractivity contribution in [3.05, 3.63) is 41.0 Å². The summed E-state index contributed by atoms with van der Waals surface area (Å²) in [7, 11) is 0. The molecule has 0 radical (unpaired) electrons. The van der Waals surface area contributed by atoms with Gasteiger partial charge in [0.1, 0.15) is 5.57 Å². The summed E-state index contributed by atoms with van der Waals surface area (Å²) in [5, 5.41) is 16.0. The largest absolute Gasteiger partial charge is 1.00 e. The Labute approximate surface area is 289 Å². The van der Waals surface area contributed by atoms with Gasteiger partial charge in [-0.15, -0.1) is 0 Å². The van der Waals surface area contributed by atoms with Gasteiger partial charge in [-0.2, -0.15) is 5.26 Å². The van der Waals surface area contributed by atoms with Crippen LogP contribution in [0.2, 0.25) is 0 Å². The molecule has 5 atom stereocenters. The first kappa shape index (κ1) is 40.1. The van der Waals surface area contributed by atoms with E-state index in [1.165, 1.54) is 11.1 Å². The number of fused-ring (bicyclic) bond motifs is 2. The molecular formula is C34H45N2NaO8. The zero-order valence-corrected chi connectivity index (χ0v) is 29.8. The third-order valence-corrected chi connectivity index (χ3v) is 8.93. The van der Waals surface area contributed by atoms with Gasteiger partial charge in [-0.1, -0.05) is 37.1 Å². The summed E-state index contributed by atoms with van der Waals surface area (Å²) in [6.07, 6.45) is 9.68. The summed E-state index contributed by atoms with van der Waals surface area (Å²) in [5.41, 5.74) is 2.74. The normalized spacial score (nSPS) is 24.8. The van der Waals surface area contributed by atoms with Gasteiger partial charge in [-0.05, 0) is 83.6 Å². The Morgan fingerprint density at radius 3 is 1.71 bits per heavy atom. The maximum Gasteiger partial charge on any atom is 1.00 e. The van der Waals surface area contributed by atoms with Gasteiger partial charge in [0.2, 0.25) is 0 Å². The van der Waals surface area contributed by atoms with Gasteiger partial charge in [-0.25, -0.2) is 9.59 Å². The summed E-state index contributed by atoms with van der Waals surface area (Å²) in [5.74, 6) is -2.42. The molecule has 0 aliphatic heterocycles. The van der Waals surface area contributed by atoms with E-state index in [9.17, 15) is 24.4 Å². The zero-order valence-electron chi connectivity index (χ0n) is 27.8. The van der Waals surface area contributed by atoms with E-state index in [-0.39, 0.29) is 73.4 Å². The van der Waals surface area contributed by atoms with Crippen molar-refractivity contribution in [3.63, 3.8) is 0 Å². The number of allylic oxidation sites excluding steroid dienone is 5. The summed E-state index contributed by atoms with van der Waals surface area (Å²) in [4.78, 5) is 48.7. The predicted octanol–water partition coefficient (Wildman–Crippen LogP) is 2.50. The standard InChI is InChI=1S/C17H23NO4.C16H22O4.CN.Na/c1-4-11-7-12-9-17(10-18,13(12)8-11)14(15(19)21-5-2)16(20)22-6-3;1-4-10-7-11-9-13(12(11)8-10)14(15(17)19-5-2)16(18)20-6-3;1-2;/h8,12-14H,4-7,9H2,1-3H3;8,11-12H,4-7,9H2,1-3H3;;/q;;-1;+1/t12-,13-,17-;11-,12-;;/m11../s1. The molecule has 4 rings (SSSR count). The molecule has 0 spiro atoms. The van der Waals surface area contributed by atoms with Crippen LogP contribution in [0.1, 0.15) is 80.1 Å². The summed E-state index contributed by atoms with van der Waals surface area (Å²) in [6.45, 7) is 16.7. The van der Waals surface area contributed by atoms with E-state index in [1.54, 1.807) is 27.7 Å². The summed E-state index contributed by atoms with van der Waals surface area (Å²) >= 11 is 0. The second kappa shape index (κ2) is 18.9. The number of carbonyl (C=O) groups excluding carboxylic acids is 4. The van der Waals surface area contributed by atoms with Crippen LogP contribution in [0.3, 0.4) is 0 Å². The molecule has 0 unspecified atom stereocenters. The van der Waals surface area contributed by atoms with Crippen molar-refractivity contribution in [3.8, 4) is 6.07 Å². The minimum Gasteiger partial charge on any atom is -0.512 e. The van der Waals surface area contributed by atoms with Crippen LogP contribution in [0.25, 0.3) is 0 Å². The predicted molar refractivity (Wildman–Crippen MR) is 159 cm³/mol. The number of nitriles is 1. The molecule has 11 heteroatoms. The Morgan fingerprint density at radius 2 is 1.27 bits per heavy atom. The molecule has 0 amide bonds. The monoisotopic (exact) mass is 632 g/mol. The molecule has 0 bridgehead atoms. The quantitative estimate of drug-likeness (QED) is 0.0485. The molecule has 45 heavy (non-hydrogen) atoms. The molecule has 2 saturated carbocycles.